The molecule has 124 valence electrons. The summed E-state index contributed by atoms with van der Waals surface area (Å²) in [5, 5.41) is 7.82. The molecule has 1 aliphatic heterocycles. The minimum Gasteiger partial charge on any atom is -0.320 e. The van der Waals surface area contributed by atoms with Gasteiger partial charge in [0.1, 0.15) is 0 Å². The van der Waals surface area contributed by atoms with E-state index in [2.05, 4.69) is 57.3 Å². The third kappa shape index (κ3) is 4.01. The minimum atomic E-state index is 0.889. The van der Waals surface area contributed by atoms with Crippen LogP contribution in [0.2, 0.25) is 0 Å². The van der Waals surface area contributed by atoms with Gasteiger partial charge in [-0.05, 0) is 76.5 Å². The Morgan fingerprint density at radius 2 is 1.96 bits per heavy atom. The van der Waals surface area contributed by atoms with Gasteiger partial charge in [-0.2, -0.15) is 5.10 Å². The van der Waals surface area contributed by atoms with Crippen LogP contribution in [0.1, 0.15) is 30.5 Å². The van der Waals surface area contributed by atoms with E-state index >= 15 is 0 Å². The lowest BCUT2D eigenvalue weighted by atomic mass is 9.93. The second-order valence-corrected chi connectivity index (χ2v) is 6.63. The molecular weight excluding hydrogens is 284 g/mol. The Morgan fingerprint density at radius 3 is 2.70 bits per heavy atom. The summed E-state index contributed by atoms with van der Waals surface area (Å²) in [7, 11) is 2.04. The number of benzene rings is 1. The molecule has 0 radical (unpaired) electrons. The van der Waals surface area contributed by atoms with Gasteiger partial charge in [0.2, 0.25) is 0 Å². The fourth-order valence-corrected chi connectivity index (χ4v) is 3.48. The van der Waals surface area contributed by atoms with Crippen molar-refractivity contribution in [3.8, 4) is 5.69 Å². The second kappa shape index (κ2) is 7.75. The molecular formula is C19H28N4. The highest BCUT2D eigenvalue weighted by molar-refractivity contribution is 5.40. The molecule has 2 heterocycles. The van der Waals surface area contributed by atoms with Gasteiger partial charge in [0.15, 0.2) is 0 Å². The first kappa shape index (κ1) is 16.2. The molecule has 1 aromatic heterocycles. The van der Waals surface area contributed by atoms with E-state index in [1.54, 1.807) is 0 Å². The molecule has 0 saturated carbocycles. The number of aromatic nitrogens is 2. The smallest absolute Gasteiger partial charge is 0.0678 e. The predicted molar refractivity (Wildman–Crippen MR) is 94.8 cm³/mol. The summed E-state index contributed by atoms with van der Waals surface area (Å²) in [6, 6.07) is 10.6. The van der Waals surface area contributed by atoms with E-state index in [9.17, 15) is 0 Å². The molecule has 1 saturated heterocycles. The molecule has 2 aromatic rings. The van der Waals surface area contributed by atoms with E-state index < -0.39 is 0 Å². The standard InChI is InChI=1S/C19H28N4/c1-16-5-3-4-6-19(16)23-18(8-12-21-23)15-22-13-9-17(10-14-22)7-11-20-2/h3-6,8,12,17,20H,7,9-11,13-15H2,1-2H3. The number of piperidine rings is 1. The zero-order chi connectivity index (χ0) is 16.1. The predicted octanol–water partition coefficient (Wildman–Crippen LogP) is 3.00. The van der Waals surface area contributed by atoms with Crippen LogP contribution in [0.15, 0.2) is 36.5 Å². The van der Waals surface area contributed by atoms with E-state index in [0.29, 0.717) is 0 Å². The Labute approximate surface area is 139 Å². The van der Waals surface area contributed by atoms with Crippen molar-refractivity contribution in [1.82, 2.24) is 20.0 Å². The average molecular weight is 312 g/mol. The van der Waals surface area contributed by atoms with Crippen molar-refractivity contribution >= 4 is 0 Å². The highest BCUT2D eigenvalue weighted by atomic mass is 15.3. The number of para-hydroxylation sites is 1. The molecule has 0 atom stereocenters. The van der Waals surface area contributed by atoms with Crippen LogP contribution in [0.5, 0.6) is 0 Å². The molecule has 3 rings (SSSR count). The zero-order valence-electron chi connectivity index (χ0n) is 14.3. The lowest BCUT2D eigenvalue weighted by Gasteiger charge is -2.32. The van der Waals surface area contributed by atoms with E-state index in [1.807, 2.05) is 13.2 Å². The Kier molecular flexibility index (Phi) is 5.47. The molecule has 4 heteroatoms. The maximum Gasteiger partial charge on any atom is 0.0678 e. The van der Waals surface area contributed by atoms with Gasteiger partial charge in [-0.1, -0.05) is 18.2 Å². The zero-order valence-corrected chi connectivity index (χ0v) is 14.3. The van der Waals surface area contributed by atoms with Crippen LogP contribution in [0.4, 0.5) is 0 Å². The van der Waals surface area contributed by atoms with Gasteiger partial charge in [-0.15, -0.1) is 0 Å². The summed E-state index contributed by atoms with van der Waals surface area (Å²) in [5.41, 5.74) is 3.74. The van der Waals surface area contributed by atoms with Crippen LogP contribution in [0.3, 0.4) is 0 Å². The Morgan fingerprint density at radius 1 is 1.17 bits per heavy atom. The van der Waals surface area contributed by atoms with Gasteiger partial charge >= 0.3 is 0 Å². The Balaban J connectivity index is 1.62. The first-order valence-electron chi connectivity index (χ1n) is 8.74. The van der Waals surface area contributed by atoms with Crippen molar-refractivity contribution in [1.29, 1.82) is 0 Å². The van der Waals surface area contributed by atoms with E-state index in [-0.39, 0.29) is 0 Å². The van der Waals surface area contributed by atoms with Crippen molar-refractivity contribution in [3.05, 3.63) is 47.8 Å². The summed E-state index contributed by atoms with van der Waals surface area (Å²) in [5.74, 6) is 0.889. The molecule has 0 aliphatic carbocycles. The number of rotatable bonds is 6. The summed E-state index contributed by atoms with van der Waals surface area (Å²) < 4.78 is 2.10. The Bertz CT molecular complexity index is 611. The molecule has 4 nitrogen and oxygen atoms in total. The lowest BCUT2D eigenvalue weighted by Crippen LogP contribution is -2.34. The fourth-order valence-electron chi connectivity index (χ4n) is 3.48. The third-order valence-corrected chi connectivity index (χ3v) is 4.96. The summed E-state index contributed by atoms with van der Waals surface area (Å²) >= 11 is 0. The quantitative estimate of drug-likeness (QED) is 0.890. The first-order chi connectivity index (χ1) is 11.3. The largest absolute Gasteiger partial charge is 0.320 e. The summed E-state index contributed by atoms with van der Waals surface area (Å²) in [6.45, 7) is 6.69. The van der Waals surface area contributed by atoms with Crippen LogP contribution in [0.25, 0.3) is 5.69 Å². The molecule has 0 spiro atoms. The molecule has 23 heavy (non-hydrogen) atoms. The molecule has 1 aliphatic rings. The molecule has 0 unspecified atom stereocenters. The number of hydrogen-bond acceptors (Lipinski definition) is 3. The molecule has 1 aromatic carbocycles. The molecule has 0 bridgehead atoms. The van der Waals surface area contributed by atoms with Crippen molar-refractivity contribution < 1.29 is 0 Å². The topological polar surface area (TPSA) is 33.1 Å². The second-order valence-electron chi connectivity index (χ2n) is 6.63. The average Bonchev–Trinajstić information content (AvgIpc) is 3.02. The van der Waals surface area contributed by atoms with Gasteiger partial charge in [-0.3, -0.25) is 4.90 Å². The highest BCUT2D eigenvalue weighted by Crippen LogP contribution is 2.22. The minimum absolute atomic E-state index is 0.889. The van der Waals surface area contributed by atoms with E-state index in [0.717, 1.165) is 19.0 Å². The van der Waals surface area contributed by atoms with E-state index in [1.165, 1.54) is 49.3 Å². The fraction of sp³-hybridized carbons (Fsp3) is 0.526. The monoisotopic (exact) mass is 312 g/mol. The van der Waals surface area contributed by atoms with Crippen molar-refractivity contribution in [3.63, 3.8) is 0 Å². The number of likely N-dealkylation sites (tertiary alicyclic amines) is 1. The highest BCUT2D eigenvalue weighted by Gasteiger charge is 2.20. The molecule has 0 amide bonds. The normalized spacial score (nSPS) is 16.8. The van der Waals surface area contributed by atoms with Gasteiger partial charge < -0.3 is 5.32 Å². The number of nitrogens with one attached hydrogen (secondary N) is 1. The van der Waals surface area contributed by atoms with Gasteiger partial charge in [-0.25, -0.2) is 4.68 Å². The van der Waals surface area contributed by atoms with Crippen LogP contribution in [-0.4, -0.2) is 41.4 Å². The van der Waals surface area contributed by atoms with Crippen molar-refractivity contribution in [2.75, 3.05) is 26.7 Å². The van der Waals surface area contributed by atoms with Crippen molar-refractivity contribution in [2.24, 2.45) is 5.92 Å². The van der Waals surface area contributed by atoms with Crippen LogP contribution < -0.4 is 5.32 Å². The van der Waals surface area contributed by atoms with Crippen molar-refractivity contribution in [2.45, 2.75) is 32.7 Å². The van der Waals surface area contributed by atoms with Crippen LogP contribution in [-0.2, 0) is 6.54 Å². The van der Waals surface area contributed by atoms with Gasteiger partial charge in [0, 0.05) is 12.7 Å². The maximum absolute atomic E-state index is 4.55. The van der Waals surface area contributed by atoms with Crippen LogP contribution in [0, 0.1) is 12.8 Å². The number of aryl methyl sites for hydroxylation is 1. The number of nitrogens with zero attached hydrogens (tertiary/aromatic N) is 3. The summed E-state index contributed by atoms with van der Waals surface area (Å²) in [6.07, 6.45) is 5.87. The summed E-state index contributed by atoms with van der Waals surface area (Å²) in [4.78, 5) is 2.57. The molecule has 1 N–H and O–H groups in total. The van der Waals surface area contributed by atoms with Crippen LogP contribution >= 0.6 is 0 Å². The van der Waals surface area contributed by atoms with Gasteiger partial charge in [0.05, 0.1) is 11.4 Å². The maximum atomic E-state index is 4.55. The first-order valence-corrected chi connectivity index (χ1v) is 8.74. The van der Waals surface area contributed by atoms with E-state index in [4.69, 9.17) is 0 Å². The number of hydrogen-bond donors (Lipinski definition) is 1. The van der Waals surface area contributed by atoms with Gasteiger partial charge in [0.25, 0.3) is 0 Å². The Hall–Kier alpha value is -1.65. The third-order valence-electron chi connectivity index (χ3n) is 4.96. The lowest BCUT2D eigenvalue weighted by molar-refractivity contribution is 0.169. The SMILES string of the molecule is CNCCC1CCN(Cc2ccnn2-c2ccccc2C)CC1. The molecule has 1 fully saturated rings.